The van der Waals surface area contributed by atoms with Crippen LogP contribution in [0.5, 0.6) is 0 Å². The van der Waals surface area contributed by atoms with Crippen molar-refractivity contribution in [2.45, 2.75) is 29.0 Å². The molecule has 0 saturated carbocycles. The molecule has 3 aromatic carbocycles. The summed E-state index contributed by atoms with van der Waals surface area (Å²) in [6.07, 6.45) is 0.408. The number of carbonyl (C=O) groups is 1. The van der Waals surface area contributed by atoms with E-state index in [1.165, 1.54) is 28.2 Å². The Morgan fingerprint density at radius 2 is 1.65 bits per heavy atom. The van der Waals surface area contributed by atoms with Crippen molar-refractivity contribution in [2.24, 2.45) is 0 Å². The van der Waals surface area contributed by atoms with Crippen LogP contribution in [-0.4, -0.2) is 47.9 Å². The number of hydrogen-bond acceptors (Lipinski definition) is 5. The fourth-order valence-electron chi connectivity index (χ4n) is 4.16. The van der Waals surface area contributed by atoms with Gasteiger partial charge >= 0.3 is 0 Å². The van der Waals surface area contributed by atoms with Gasteiger partial charge in [-0.15, -0.1) is 11.8 Å². The first-order valence-electron chi connectivity index (χ1n) is 11.1. The molecule has 1 fully saturated rings. The van der Waals surface area contributed by atoms with Gasteiger partial charge in [0, 0.05) is 25.3 Å². The molecule has 1 aliphatic heterocycles. The first-order chi connectivity index (χ1) is 16.4. The number of ketones is 1. The van der Waals surface area contributed by atoms with E-state index >= 15 is 0 Å². The Balaban J connectivity index is 1.52. The van der Waals surface area contributed by atoms with Crippen molar-refractivity contribution >= 4 is 27.6 Å². The molecule has 1 heterocycles. The normalized spacial score (nSPS) is 17.5. The highest BCUT2D eigenvalue weighted by Gasteiger charge is 2.40. The second-order valence-corrected chi connectivity index (χ2v) is 11.2. The lowest BCUT2D eigenvalue weighted by atomic mass is 9.91. The number of aliphatic hydroxyl groups is 1. The molecule has 178 valence electrons. The number of Topliss-reactive ketones (excluding diaryl/α,β-unsaturated/α-hetero) is 1. The summed E-state index contributed by atoms with van der Waals surface area (Å²) in [7, 11) is -3.86. The number of rotatable bonds is 9. The minimum atomic E-state index is -3.86. The van der Waals surface area contributed by atoms with Crippen molar-refractivity contribution in [3.8, 4) is 11.1 Å². The average molecular weight is 500 g/mol. The van der Waals surface area contributed by atoms with Crippen LogP contribution in [0.2, 0.25) is 0 Å². The number of aliphatic hydroxyl groups excluding tert-OH is 1. The molecule has 8 heteroatoms. The summed E-state index contributed by atoms with van der Waals surface area (Å²) in [5, 5.41) is 8.65. The maximum atomic E-state index is 13.4. The van der Waals surface area contributed by atoms with Crippen LogP contribution < -0.4 is 0 Å². The van der Waals surface area contributed by atoms with Gasteiger partial charge in [-0.2, -0.15) is 4.31 Å². The molecule has 5 nitrogen and oxygen atoms in total. The lowest BCUT2D eigenvalue weighted by molar-refractivity contribution is -0.120. The summed E-state index contributed by atoms with van der Waals surface area (Å²) >= 11 is 1.31. The van der Waals surface area contributed by atoms with Crippen LogP contribution in [0, 0.1) is 5.82 Å². The molecule has 0 aromatic heterocycles. The molecule has 0 spiro atoms. The summed E-state index contributed by atoms with van der Waals surface area (Å²) in [5.74, 6) is -0.373. The van der Waals surface area contributed by atoms with E-state index in [9.17, 15) is 22.7 Å². The predicted octanol–water partition coefficient (Wildman–Crippen LogP) is 4.68. The first-order valence-corrected chi connectivity index (χ1v) is 13.6. The Morgan fingerprint density at radius 3 is 2.29 bits per heavy atom. The predicted molar refractivity (Wildman–Crippen MR) is 132 cm³/mol. The van der Waals surface area contributed by atoms with Gasteiger partial charge in [-0.25, -0.2) is 12.8 Å². The van der Waals surface area contributed by atoms with E-state index in [2.05, 4.69) is 0 Å². The van der Waals surface area contributed by atoms with Gasteiger partial charge in [-0.3, -0.25) is 4.79 Å². The van der Waals surface area contributed by atoms with Crippen LogP contribution in [0.1, 0.15) is 24.3 Å². The minimum Gasteiger partial charge on any atom is -0.396 e. The summed E-state index contributed by atoms with van der Waals surface area (Å²) in [5.41, 5.74) is 2.65. The minimum absolute atomic E-state index is 0.0722. The number of halogens is 1. The smallest absolute Gasteiger partial charge is 0.244 e. The Hall–Kier alpha value is -2.52. The standard InChI is InChI=1S/C26H26FNO4S2/c27-23-10-6-21(7-11-23)22(14-16-29)18-25(30)26-28(15-17-33-26)34(31,32)24-12-8-20(9-13-24)19-4-2-1-3-5-19/h1-13,22,26,29H,14-18H2. The highest BCUT2D eigenvalue weighted by atomic mass is 32.2. The van der Waals surface area contributed by atoms with Crippen molar-refractivity contribution in [2.75, 3.05) is 18.9 Å². The summed E-state index contributed by atoms with van der Waals surface area (Å²) in [4.78, 5) is 13.4. The second-order valence-electron chi connectivity index (χ2n) is 8.16. The van der Waals surface area contributed by atoms with Gasteiger partial charge in [0.15, 0.2) is 5.78 Å². The number of hydrogen-bond donors (Lipinski definition) is 1. The van der Waals surface area contributed by atoms with E-state index in [0.717, 1.165) is 16.7 Å². The van der Waals surface area contributed by atoms with E-state index in [-0.39, 0.29) is 42.0 Å². The zero-order valence-electron chi connectivity index (χ0n) is 18.5. The van der Waals surface area contributed by atoms with Gasteiger partial charge < -0.3 is 5.11 Å². The SMILES string of the molecule is O=C(CC(CCO)c1ccc(F)cc1)C1SCCN1S(=O)(=O)c1ccc(-c2ccccc2)cc1. The monoisotopic (exact) mass is 499 g/mol. The van der Waals surface area contributed by atoms with Gasteiger partial charge in [0.05, 0.1) is 4.90 Å². The van der Waals surface area contributed by atoms with E-state index in [1.807, 2.05) is 30.3 Å². The Labute approximate surface area is 203 Å². The molecule has 0 radical (unpaired) electrons. The molecule has 4 rings (SSSR count). The summed E-state index contributed by atoms with van der Waals surface area (Å²) in [6, 6.07) is 22.2. The van der Waals surface area contributed by atoms with Crippen molar-refractivity contribution in [1.29, 1.82) is 0 Å². The number of thioether (sulfide) groups is 1. The van der Waals surface area contributed by atoms with Crippen LogP contribution in [0.3, 0.4) is 0 Å². The quantitative estimate of drug-likeness (QED) is 0.463. The summed E-state index contributed by atoms with van der Waals surface area (Å²) in [6.45, 7) is 0.133. The van der Waals surface area contributed by atoms with E-state index in [1.54, 1.807) is 36.4 Å². The van der Waals surface area contributed by atoms with Crippen LogP contribution in [-0.2, 0) is 14.8 Å². The topological polar surface area (TPSA) is 74.7 Å². The highest BCUT2D eigenvalue weighted by molar-refractivity contribution is 8.02. The average Bonchev–Trinajstić information content (AvgIpc) is 3.36. The third-order valence-electron chi connectivity index (χ3n) is 5.96. The Morgan fingerprint density at radius 1 is 1.00 bits per heavy atom. The van der Waals surface area contributed by atoms with Crippen LogP contribution >= 0.6 is 11.8 Å². The maximum absolute atomic E-state index is 13.4. The van der Waals surface area contributed by atoms with Gasteiger partial charge in [0.2, 0.25) is 10.0 Å². The summed E-state index contributed by atoms with van der Waals surface area (Å²) < 4.78 is 41.4. The molecular weight excluding hydrogens is 473 g/mol. The van der Waals surface area contributed by atoms with Gasteiger partial charge in [0.1, 0.15) is 11.2 Å². The first kappa shape index (κ1) is 24.6. The van der Waals surface area contributed by atoms with E-state index in [0.29, 0.717) is 12.2 Å². The molecule has 3 aromatic rings. The molecule has 0 amide bonds. The molecule has 2 atom stereocenters. The van der Waals surface area contributed by atoms with Gasteiger partial charge in [-0.1, -0.05) is 54.6 Å². The highest BCUT2D eigenvalue weighted by Crippen LogP contribution is 2.34. The lowest BCUT2D eigenvalue weighted by Crippen LogP contribution is -2.39. The van der Waals surface area contributed by atoms with Crippen molar-refractivity contribution in [3.63, 3.8) is 0 Å². The zero-order valence-corrected chi connectivity index (χ0v) is 20.1. The number of carbonyl (C=O) groups excluding carboxylic acids is 1. The molecule has 0 bridgehead atoms. The molecule has 2 unspecified atom stereocenters. The fraction of sp³-hybridized carbons (Fsp3) is 0.269. The van der Waals surface area contributed by atoms with Gasteiger partial charge in [0.25, 0.3) is 0 Å². The molecular formula is C26H26FNO4S2. The molecule has 1 saturated heterocycles. The molecule has 1 N–H and O–H groups in total. The zero-order chi connectivity index (χ0) is 24.1. The fourth-order valence-corrected chi connectivity index (χ4v) is 7.33. The van der Waals surface area contributed by atoms with E-state index < -0.39 is 15.4 Å². The van der Waals surface area contributed by atoms with Crippen LogP contribution in [0.4, 0.5) is 4.39 Å². The molecule has 1 aliphatic rings. The van der Waals surface area contributed by atoms with Crippen LogP contribution in [0.15, 0.2) is 83.8 Å². The van der Waals surface area contributed by atoms with Crippen LogP contribution in [0.25, 0.3) is 11.1 Å². The number of nitrogens with zero attached hydrogens (tertiary/aromatic N) is 1. The Kier molecular flexibility index (Phi) is 7.83. The number of sulfonamides is 1. The number of benzene rings is 3. The third-order valence-corrected chi connectivity index (χ3v) is 9.22. The van der Waals surface area contributed by atoms with Crippen molar-refractivity contribution in [1.82, 2.24) is 4.31 Å². The van der Waals surface area contributed by atoms with Crippen molar-refractivity contribution in [3.05, 3.63) is 90.2 Å². The molecule has 0 aliphatic carbocycles. The van der Waals surface area contributed by atoms with Crippen molar-refractivity contribution < 1.29 is 22.7 Å². The third kappa shape index (κ3) is 5.41. The van der Waals surface area contributed by atoms with Gasteiger partial charge in [-0.05, 0) is 53.3 Å². The molecule has 34 heavy (non-hydrogen) atoms. The Bertz CT molecular complexity index is 1220. The maximum Gasteiger partial charge on any atom is 0.244 e. The second kappa shape index (κ2) is 10.8. The van der Waals surface area contributed by atoms with E-state index in [4.69, 9.17) is 0 Å². The largest absolute Gasteiger partial charge is 0.396 e. The lowest BCUT2D eigenvalue weighted by Gasteiger charge is -2.24.